The van der Waals surface area contributed by atoms with Crippen LogP contribution < -0.4 is 0 Å². The molecule has 5 heteroatoms. The smallest absolute Gasteiger partial charge is 0.293 e. The van der Waals surface area contributed by atoms with Crippen LogP contribution in [0.25, 0.3) is 10.9 Å². The third-order valence-corrected chi connectivity index (χ3v) is 3.63. The Labute approximate surface area is 107 Å². The highest BCUT2D eigenvalue weighted by Crippen LogP contribution is 2.27. The van der Waals surface area contributed by atoms with E-state index >= 15 is 0 Å². The molecule has 90 valence electrons. The zero-order valence-corrected chi connectivity index (χ0v) is 10.3. The molecule has 0 radical (unpaired) electrons. The number of rotatable bonds is 3. The topological polar surface area (TPSA) is 48.1 Å². The van der Waals surface area contributed by atoms with Crippen molar-refractivity contribution >= 4 is 27.9 Å². The Bertz CT molecular complexity index is 701. The molecule has 4 nitrogen and oxygen atoms in total. The number of fused-ring (bicyclic) bond motifs is 1. The maximum atomic E-state index is 11.1. The number of para-hydroxylation sites is 1. The molecule has 18 heavy (non-hydrogen) atoms. The average Bonchev–Trinajstić information content (AvgIpc) is 2.99. The second kappa shape index (κ2) is 4.27. The lowest BCUT2D eigenvalue weighted by Gasteiger charge is -2.04. The number of nitro benzene ring substituents is 1. The Morgan fingerprint density at radius 3 is 2.89 bits per heavy atom. The summed E-state index contributed by atoms with van der Waals surface area (Å²) >= 11 is 1.63. The van der Waals surface area contributed by atoms with Crippen LogP contribution in [0.3, 0.4) is 0 Å². The Kier molecular flexibility index (Phi) is 2.60. The molecule has 3 aromatic rings. The SMILES string of the molecule is O=[N+]([O-])c1cccc2ccn(Cc3ccsc3)c12. The fourth-order valence-electron chi connectivity index (χ4n) is 2.10. The van der Waals surface area contributed by atoms with E-state index in [0.717, 1.165) is 10.9 Å². The fourth-order valence-corrected chi connectivity index (χ4v) is 2.76. The van der Waals surface area contributed by atoms with Gasteiger partial charge < -0.3 is 4.57 Å². The summed E-state index contributed by atoms with van der Waals surface area (Å²) in [4.78, 5) is 10.7. The van der Waals surface area contributed by atoms with Crippen molar-refractivity contribution in [2.45, 2.75) is 6.54 Å². The minimum absolute atomic E-state index is 0.160. The van der Waals surface area contributed by atoms with E-state index in [4.69, 9.17) is 0 Å². The van der Waals surface area contributed by atoms with Gasteiger partial charge >= 0.3 is 0 Å². The molecule has 0 aliphatic heterocycles. The molecule has 0 atom stereocenters. The van der Waals surface area contributed by atoms with E-state index in [9.17, 15) is 10.1 Å². The van der Waals surface area contributed by atoms with Gasteiger partial charge in [-0.2, -0.15) is 11.3 Å². The standard InChI is InChI=1S/C13H10N2O2S/c16-15(17)12-3-1-2-11-4-6-14(13(11)12)8-10-5-7-18-9-10/h1-7,9H,8H2. The van der Waals surface area contributed by atoms with Gasteiger partial charge in [-0.1, -0.05) is 12.1 Å². The van der Waals surface area contributed by atoms with Crippen molar-refractivity contribution in [3.05, 3.63) is 63.0 Å². The van der Waals surface area contributed by atoms with Gasteiger partial charge in [-0.25, -0.2) is 0 Å². The summed E-state index contributed by atoms with van der Waals surface area (Å²) in [6, 6.07) is 9.11. The van der Waals surface area contributed by atoms with Gasteiger partial charge in [-0.15, -0.1) is 0 Å². The second-order valence-electron chi connectivity index (χ2n) is 4.05. The van der Waals surface area contributed by atoms with Gasteiger partial charge in [0.2, 0.25) is 0 Å². The van der Waals surface area contributed by atoms with E-state index in [0.29, 0.717) is 12.1 Å². The number of nitrogens with zero attached hydrogens (tertiary/aromatic N) is 2. The summed E-state index contributed by atoms with van der Waals surface area (Å²) in [5.41, 5.74) is 2.01. The molecule has 2 heterocycles. The van der Waals surface area contributed by atoms with Crippen LogP contribution in [-0.4, -0.2) is 9.49 Å². The number of benzene rings is 1. The molecule has 0 aliphatic carbocycles. The second-order valence-corrected chi connectivity index (χ2v) is 4.83. The van der Waals surface area contributed by atoms with Gasteiger partial charge in [0, 0.05) is 24.2 Å². The van der Waals surface area contributed by atoms with E-state index in [1.54, 1.807) is 23.5 Å². The van der Waals surface area contributed by atoms with Crippen molar-refractivity contribution in [2.75, 3.05) is 0 Å². The fraction of sp³-hybridized carbons (Fsp3) is 0.0769. The third kappa shape index (κ3) is 1.78. The lowest BCUT2D eigenvalue weighted by Crippen LogP contribution is -1.99. The highest BCUT2D eigenvalue weighted by Gasteiger charge is 2.15. The molecule has 0 amide bonds. The maximum Gasteiger partial charge on any atom is 0.293 e. The first-order valence-electron chi connectivity index (χ1n) is 5.49. The predicted molar refractivity (Wildman–Crippen MR) is 72.0 cm³/mol. The van der Waals surface area contributed by atoms with Crippen LogP contribution in [0.1, 0.15) is 5.56 Å². The molecule has 0 spiro atoms. The van der Waals surface area contributed by atoms with Gasteiger partial charge in [0.1, 0.15) is 5.52 Å². The van der Waals surface area contributed by atoms with Crippen molar-refractivity contribution in [1.82, 2.24) is 4.57 Å². The van der Waals surface area contributed by atoms with Crippen LogP contribution in [0, 0.1) is 10.1 Å². The largest absolute Gasteiger partial charge is 0.337 e. The first-order valence-corrected chi connectivity index (χ1v) is 6.43. The summed E-state index contributed by atoms with van der Waals surface area (Å²) < 4.78 is 1.93. The highest BCUT2D eigenvalue weighted by molar-refractivity contribution is 7.07. The summed E-state index contributed by atoms with van der Waals surface area (Å²) in [6.45, 7) is 0.665. The third-order valence-electron chi connectivity index (χ3n) is 2.90. The predicted octanol–water partition coefficient (Wildman–Crippen LogP) is 3.66. The molecule has 0 aliphatic rings. The van der Waals surface area contributed by atoms with Crippen LogP contribution in [0.2, 0.25) is 0 Å². The molecular weight excluding hydrogens is 248 g/mol. The van der Waals surface area contributed by atoms with Crippen molar-refractivity contribution in [2.24, 2.45) is 0 Å². The number of hydrogen-bond acceptors (Lipinski definition) is 3. The molecule has 0 N–H and O–H groups in total. The maximum absolute atomic E-state index is 11.1. The van der Waals surface area contributed by atoms with Gasteiger partial charge in [-0.3, -0.25) is 10.1 Å². The monoisotopic (exact) mass is 258 g/mol. The lowest BCUT2D eigenvalue weighted by atomic mass is 10.2. The zero-order valence-electron chi connectivity index (χ0n) is 9.45. The van der Waals surface area contributed by atoms with Gasteiger partial charge in [0.05, 0.1) is 4.92 Å². The molecule has 0 saturated carbocycles. The molecule has 0 bridgehead atoms. The number of aromatic nitrogens is 1. The van der Waals surface area contributed by atoms with E-state index < -0.39 is 0 Å². The number of hydrogen-bond donors (Lipinski definition) is 0. The van der Waals surface area contributed by atoms with Crippen LogP contribution in [0.15, 0.2) is 47.3 Å². The van der Waals surface area contributed by atoms with Gasteiger partial charge in [0.25, 0.3) is 5.69 Å². The van der Waals surface area contributed by atoms with Gasteiger partial charge in [0.15, 0.2) is 0 Å². The van der Waals surface area contributed by atoms with E-state index in [2.05, 4.69) is 5.38 Å². The molecule has 0 fully saturated rings. The molecule has 0 saturated heterocycles. The van der Waals surface area contributed by atoms with Crippen molar-refractivity contribution in [3.8, 4) is 0 Å². The molecular formula is C13H10N2O2S. The van der Waals surface area contributed by atoms with Crippen LogP contribution in [-0.2, 0) is 6.54 Å². The van der Waals surface area contributed by atoms with E-state index in [1.807, 2.05) is 34.3 Å². The molecule has 0 unspecified atom stereocenters. The van der Waals surface area contributed by atoms with E-state index in [-0.39, 0.29) is 10.6 Å². The Hall–Kier alpha value is -2.14. The molecule has 3 rings (SSSR count). The van der Waals surface area contributed by atoms with Crippen molar-refractivity contribution in [1.29, 1.82) is 0 Å². The van der Waals surface area contributed by atoms with Crippen molar-refractivity contribution < 1.29 is 4.92 Å². The number of nitro groups is 1. The summed E-state index contributed by atoms with van der Waals surface area (Å²) in [7, 11) is 0. The van der Waals surface area contributed by atoms with E-state index in [1.165, 1.54) is 0 Å². The Balaban J connectivity index is 2.15. The number of non-ortho nitro benzene ring substituents is 1. The van der Waals surface area contributed by atoms with Crippen LogP contribution in [0.4, 0.5) is 5.69 Å². The normalized spacial score (nSPS) is 10.9. The summed E-state index contributed by atoms with van der Waals surface area (Å²) in [5, 5.41) is 16.0. The zero-order chi connectivity index (χ0) is 12.5. The molecule has 2 aromatic heterocycles. The van der Waals surface area contributed by atoms with Gasteiger partial charge in [-0.05, 0) is 28.5 Å². The Morgan fingerprint density at radius 1 is 1.28 bits per heavy atom. The first-order chi connectivity index (χ1) is 8.75. The van der Waals surface area contributed by atoms with Crippen molar-refractivity contribution in [3.63, 3.8) is 0 Å². The first kappa shape index (κ1) is 11.0. The average molecular weight is 258 g/mol. The highest BCUT2D eigenvalue weighted by atomic mass is 32.1. The molecule has 1 aromatic carbocycles. The quantitative estimate of drug-likeness (QED) is 0.531. The minimum Gasteiger partial charge on any atom is -0.337 e. The lowest BCUT2D eigenvalue weighted by molar-refractivity contribution is -0.383. The number of thiophene rings is 1. The Morgan fingerprint density at radius 2 is 2.17 bits per heavy atom. The van der Waals surface area contributed by atoms with Crippen LogP contribution >= 0.6 is 11.3 Å². The summed E-state index contributed by atoms with van der Waals surface area (Å²) in [5.74, 6) is 0. The van der Waals surface area contributed by atoms with Crippen LogP contribution in [0.5, 0.6) is 0 Å². The minimum atomic E-state index is -0.327. The summed E-state index contributed by atoms with van der Waals surface area (Å²) in [6.07, 6.45) is 1.90.